The summed E-state index contributed by atoms with van der Waals surface area (Å²) in [5, 5.41) is 0. The molecule has 0 spiro atoms. The van der Waals surface area contributed by atoms with Crippen molar-refractivity contribution in [2.24, 2.45) is 0 Å². The Kier molecular flexibility index (Phi) is 3.73. The predicted octanol–water partition coefficient (Wildman–Crippen LogP) is 2.30. The molecule has 0 saturated carbocycles. The van der Waals surface area contributed by atoms with Crippen molar-refractivity contribution < 1.29 is 9.47 Å². The monoisotopic (exact) mass is 182 g/mol. The van der Waals surface area contributed by atoms with E-state index in [-0.39, 0.29) is 5.60 Å². The second-order valence-corrected chi connectivity index (χ2v) is 3.39. The number of ether oxygens (including phenoxy) is 2. The Labute approximate surface area is 80.2 Å². The molecule has 1 saturated heterocycles. The molecule has 2 heteroatoms. The van der Waals surface area contributed by atoms with Gasteiger partial charge in [-0.2, -0.15) is 0 Å². The van der Waals surface area contributed by atoms with Gasteiger partial charge in [0.05, 0.1) is 18.8 Å². The lowest BCUT2D eigenvalue weighted by molar-refractivity contribution is -0.0207. The van der Waals surface area contributed by atoms with E-state index in [1.54, 1.807) is 0 Å². The van der Waals surface area contributed by atoms with Gasteiger partial charge < -0.3 is 9.47 Å². The Morgan fingerprint density at radius 2 is 2.23 bits per heavy atom. The average molecular weight is 182 g/mol. The molecule has 1 heterocycles. The van der Waals surface area contributed by atoms with E-state index in [1.165, 1.54) is 0 Å². The molecule has 0 N–H and O–H groups in total. The molecule has 0 bridgehead atoms. The average Bonchev–Trinajstić information content (AvgIpc) is 2.96. The summed E-state index contributed by atoms with van der Waals surface area (Å²) in [5.41, 5.74) is 2.64. The van der Waals surface area contributed by atoms with Gasteiger partial charge in [0, 0.05) is 0 Å². The van der Waals surface area contributed by atoms with Crippen molar-refractivity contribution in [3.05, 3.63) is 18.4 Å². The van der Waals surface area contributed by atoms with E-state index in [2.05, 4.69) is 26.2 Å². The van der Waals surface area contributed by atoms with Gasteiger partial charge in [-0.1, -0.05) is 20.4 Å². The molecular formula is C11H18O2. The summed E-state index contributed by atoms with van der Waals surface area (Å²) in [6, 6.07) is 0. The quantitative estimate of drug-likeness (QED) is 0.464. The van der Waals surface area contributed by atoms with Crippen LogP contribution in [0.2, 0.25) is 0 Å². The van der Waals surface area contributed by atoms with Gasteiger partial charge >= 0.3 is 0 Å². The van der Waals surface area contributed by atoms with Gasteiger partial charge in [0.2, 0.25) is 0 Å². The summed E-state index contributed by atoms with van der Waals surface area (Å²) in [7, 11) is 0. The molecule has 1 unspecified atom stereocenters. The SMILES string of the molecule is C=C=CC(CC)(CC)OCC1CO1. The van der Waals surface area contributed by atoms with Crippen LogP contribution in [0, 0.1) is 0 Å². The van der Waals surface area contributed by atoms with Crippen molar-refractivity contribution in [2.45, 2.75) is 38.4 Å². The lowest BCUT2D eigenvalue weighted by Gasteiger charge is -2.27. The van der Waals surface area contributed by atoms with Crippen LogP contribution in [-0.4, -0.2) is 24.9 Å². The summed E-state index contributed by atoms with van der Waals surface area (Å²) in [4.78, 5) is 0. The minimum atomic E-state index is -0.173. The summed E-state index contributed by atoms with van der Waals surface area (Å²) in [5.74, 6) is 0. The highest BCUT2D eigenvalue weighted by atomic mass is 16.6. The van der Waals surface area contributed by atoms with Crippen molar-refractivity contribution in [1.82, 2.24) is 0 Å². The third-order valence-electron chi connectivity index (χ3n) is 2.52. The molecule has 13 heavy (non-hydrogen) atoms. The first-order valence-electron chi connectivity index (χ1n) is 4.89. The Morgan fingerprint density at radius 3 is 2.62 bits per heavy atom. The summed E-state index contributed by atoms with van der Waals surface area (Å²) in [6.45, 7) is 9.37. The highest BCUT2D eigenvalue weighted by Crippen LogP contribution is 2.24. The number of rotatable bonds is 6. The van der Waals surface area contributed by atoms with Crippen LogP contribution >= 0.6 is 0 Å². The maximum absolute atomic E-state index is 5.81. The van der Waals surface area contributed by atoms with Crippen LogP contribution in [-0.2, 0) is 9.47 Å². The Bertz CT molecular complexity index is 196. The Hall–Kier alpha value is -0.560. The molecular weight excluding hydrogens is 164 g/mol. The standard InChI is InChI=1S/C11H18O2/c1-4-7-11(5-2,6-3)13-9-10-8-12-10/h7,10H,1,5-6,8-9H2,2-3H3. The summed E-state index contributed by atoms with van der Waals surface area (Å²) < 4.78 is 10.9. The van der Waals surface area contributed by atoms with Crippen LogP contribution < -0.4 is 0 Å². The Balaban J connectivity index is 2.46. The van der Waals surface area contributed by atoms with Crippen LogP contribution in [0.4, 0.5) is 0 Å². The van der Waals surface area contributed by atoms with Crippen LogP contribution in [0.25, 0.3) is 0 Å². The number of hydrogen-bond acceptors (Lipinski definition) is 2. The normalized spacial score (nSPS) is 20.9. The fraction of sp³-hybridized carbons (Fsp3) is 0.727. The zero-order valence-electron chi connectivity index (χ0n) is 8.51. The van der Waals surface area contributed by atoms with Gasteiger partial charge in [0.15, 0.2) is 0 Å². The summed E-state index contributed by atoms with van der Waals surface area (Å²) in [6.07, 6.45) is 4.17. The van der Waals surface area contributed by atoms with E-state index >= 15 is 0 Å². The highest BCUT2D eigenvalue weighted by Gasteiger charge is 2.29. The smallest absolute Gasteiger partial charge is 0.104 e. The van der Waals surface area contributed by atoms with E-state index < -0.39 is 0 Å². The first kappa shape index (κ1) is 10.5. The van der Waals surface area contributed by atoms with Gasteiger partial charge in [-0.3, -0.25) is 0 Å². The molecule has 0 aromatic carbocycles. The second kappa shape index (κ2) is 4.61. The molecule has 2 nitrogen and oxygen atoms in total. The third-order valence-corrected chi connectivity index (χ3v) is 2.52. The molecule has 1 rings (SSSR count). The molecule has 1 aliphatic rings. The topological polar surface area (TPSA) is 21.8 Å². The van der Waals surface area contributed by atoms with Crippen LogP contribution in [0.5, 0.6) is 0 Å². The maximum atomic E-state index is 5.81. The van der Waals surface area contributed by atoms with E-state index in [0.717, 1.165) is 19.4 Å². The van der Waals surface area contributed by atoms with E-state index in [0.29, 0.717) is 12.7 Å². The minimum Gasteiger partial charge on any atom is -0.371 e. The van der Waals surface area contributed by atoms with E-state index in [4.69, 9.17) is 9.47 Å². The summed E-state index contributed by atoms with van der Waals surface area (Å²) >= 11 is 0. The molecule has 1 fully saturated rings. The predicted molar refractivity (Wildman–Crippen MR) is 52.7 cm³/mol. The minimum absolute atomic E-state index is 0.173. The fourth-order valence-corrected chi connectivity index (χ4v) is 1.31. The van der Waals surface area contributed by atoms with Crippen molar-refractivity contribution in [2.75, 3.05) is 13.2 Å². The number of epoxide rings is 1. The van der Waals surface area contributed by atoms with Crippen LogP contribution in [0.3, 0.4) is 0 Å². The highest BCUT2D eigenvalue weighted by molar-refractivity contribution is 4.99. The lowest BCUT2D eigenvalue weighted by atomic mass is 9.97. The molecule has 0 aromatic rings. The molecule has 74 valence electrons. The Morgan fingerprint density at radius 1 is 1.62 bits per heavy atom. The van der Waals surface area contributed by atoms with Gasteiger partial charge in [-0.15, -0.1) is 5.73 Å². The van der Waals surface area contributed by atoms with Gasteiger partial charge in [-0.25, -0.2) is 0 Å². The van der Waals surface area contributed by atoms with Gasteiger partial charge in [0.1, 0.15) is 6.10 Å². The van der Waals surface area contributed by atoms with Crippen LogP contribution in [0.1, 0.15) is 26.7 Å². The van der Waals surface area contributed by atoms with Crippen LogP contribution in [0.15, 0.2) is 18.4 Å². The van der Waals surface area contributed by atoms with E-state index in [1.807, 2.05) is 6.08 Å². The zero-order valence-corrected chi connectivity index (χ0v) is 8.51. The molecule has 1 atom stereocenters. The van der Waals surface area contributed by atoms with Crippen molar-refractivity contribution in [1.29, 1.82) is 0 Å². The molecule has 0 aliphatic carbocycles. The first-order valence-corrected chi connectivity index (χ1v) is 4.89. The molecule has 0 radical (unpaired) electrons. The maximum Gasteiger partial charge on any atom is 0.104 e. The lowest BCUT2D eigenvalue weighted by Crippen LogP contribution is -2.30. The molecule has 1 aliphatic heterocycles. The third kappa shape index (κ3) is 3.00. The number of hydrogen-bond donors (Lipinski definition) is 0. The second-order valence-electron chi connectivity index (χ2n) is 3.39. The molecule has 0 aromatic heterocycles. The van der Waals surface area contributed by atoms with Gasteiger partial charge in [0.25, 0.3) is 0 Å². The fourth-order valence-electron chi connectivity index (χ4n) is 1.31. The largest absolute Gasteiger partial charge is 0.371 e. The zero-order chi connectivity index (χ0) is 9.73. The van der Waals surface area contributed by atoms with E-state index in [9.17, 15) is 0 Å². The first-order chi connectivity index (χ1) is 6.26. The molecule has 0 amide bonds. The van der Waals surface area contributed by atoms with Gasteiger partial charge in [-0.05, 0) is 18.9 Å². The van der Waals surface area contributed by atoms with Crippen molar-refractivity contribution >= 4 is 0 Å². The van der Waals surface area contributed by atoms with Crippen molar-refractivity contribution in [3.8, 4) is 0 Å². The van der Waals surface area contributed by atoms with Crippen molar-refractivity contribution in [3.63, 3.8) is 0 Å².